The fourth-order valence-electron chi connectivity index (χ4n) is 6.28. The number of rotatable bonds is 8. The van der Waals surface area contributed by atoms with Crippen LogP contribution in [0.3, 0.4) is 0 Å². The molecule has 5 fully saturated rings. The van der Waals surface area contributed by atoms with Crippen LogP contribution in [-0.4, -0.2) is 106 Å². The summed E-state index contributed by atoms with van der Waals surface area (Å²) >= 11 is 5.41. The van der Waals surface area contributed by atoms with Gasteiger partial charge in [-0.15, -0.1) is 0 Å². The summed E-state index contributed by atoms with van der Waals surface area (Å²) in [4.78, 5) is 7.33. The fourth-order valence-corrected chi connectivity index (χ4v) is 6.46. The van der Waals surface area contributed by atoms with Gasteiger partial charge in [-0.05, 0) is 31.0 Å². The maximum atomic E-state index is 5.41. The van der Waals surface area contributed by atoms with Crippen molar-refractivity contribution in [1.82, 2.24) is 20.4 Å². The molecular weight excluding hydrogens is 396 g/mol. The minimum absolute atomic E-state index is 0.694. The Kier molecular flexibility index (Phi) is 8.60. The minimum Gasteiger partial charge on any atom is -0.383 e. The number of quaternary nitrogens is 2. The van der Waals surface area contributed by atoms with E-state index in [9.17, 15) is 0 Å². The number of nitrogens with one attached hydrogen (secondary N) is 3. The molecule has 8 heteroatoms. The Morgan fingerprint density at radius 3 is 2.73 bits per heavy atom. The summed E-state index contributed by atoms with van der Waals surface area (Å²) in [6.45, 7) is 12.9. The van der Waals surface area contributed by atoms with Gasteiger partial charge in [-0.3, -0.25) is 4.90 Å². The van der Waals surface area contributed by atoms with E-state index >= 15 is 0 Å². The van der Waals surface area contributed by atoms with Gasteiger partial charge in [0.05, 0.1) is 32.8 Å². The topological polar surface area (TPSA) is 60.8 Å². The first-order chi connectivity index (χ1) is 14.7. The van der Waals surface area contributed by atoms with Crippen molar-refractivity contribution in [3.05, 3.63) is 0 Å². The summed E-state index contributed by atoms with van der Waals surface area (Å²) in [5, 5.41) is 10.0. The highest BCUT2D eigenvalue weighted by Gasteiger charge is 2.44. The Morgan fingerprint density at radius 2 is 2.03 bits per heavy atom. The molecule has 172 valence electrons. The van der Waals surface area contributed by atoms with Crippen molar-refractivity contribution in [2.75, 3.05) is 79.2 Å². The van der Waals surface area contributed by atoms with Crippen LogP contribution in [0.25, 0.3) is 0 Å². The van der Waals surface area contributed by atoms with E-state index in [-0.39, 0.29) is 0 Å². The zero-order valence-corrected chi connectivity index (χ0v) is 19.7. The number of thiocarbonyl (C=S) groups is 1. The van der Waals surface area contributed by atoms with E-state index in [1.807, 2.05) is 4.90 Å². The van der Waals surface area contributed by atoms with Crippen molar-refractivity contribution in [1.29, 1.82) is 0 Å². The molecule has 30 heavy (non-hydrogen) atoms. The van der Waals surface area contributed by atoms with Gasteiger partial charge in [-0.25, -0.2) is 0 Å². The van der Waals surface area contributed by atoms with Gasteiger partial charge in [0.2, 0.25) is 0 Å². The summed E-state index contributed by atoms with van der Waals surface area (Å²) in [7, 11) is 1.72. The van der Waals surface area contributed by atoms with Crippen molar-refractivity contribution in [2.24, 2.45) is 11.8 Å². The summed E-state index contributed by atoms with van der Waals surface area (Å²) in [5.74, 6) is 1.80. The number of hydrogen-bond acceptors (Lipinski definition) is 4. The van der Waals surface area contributed by atoms with E-state index in [0.29, 0.717) is 6.61 Å². The van der Waals surface area contributed by atoms with Crippen LogP contribution < -0.4 is 20.9 Å². The number of hydrogen-bond donors (Lipinski definition) is 4. The number of methoxy groups -OCH3 is 1. The Labute approximate surface area is 188 Å². The summed E-state index contributed by atoms with van der Waals surface area (Å²) in [6, 6.07) is 0.723. The average Bonchev–Trinajstić information content (AvgIpc) is 2.80. The predicted molar refractivity (Wildman–Crippen MR) is 124 cm³/mol. The van der Waals surface area contributed by atoms with Gasteiger partial charge in [0.1, 0.15) is 12.2 Å². The summed E-state index contributed by atoms with van der Waals surface area (Å²) in [5.41, 5.74) is 0. The Bertz CT molecular complexity index is 538. The third-order valence-electron chi connectivity index (χ3n) is 8.05. The van der Waals surface area contributed by atoms with Crippen molar-refractivity contribution >= 4 is 17.3 Å². The molecule has 5 atom stereocenters. The molecule has 7 nitrogen and oxygen atoms in total. The molecule has 0 aromatic rings. The molecule has 0 amide bonds. The van der Waals surface area contributed by atoms with Crippen LogP contribution in [-0.2, 0) is 4.74 Å². The SMILES string of the molecule is COCCNC(=S)NC[C@@H]1C[C@H]2CC[NH+]1C[C@@H]2CN1CCN(C2CCCC[NH2+]2)CC1. The molecule has 0 aliphatic carbocycles. The van der Waals surface area contributed by atoms with Gasteiger partial charge >= 0.3 is 0 Å². The molecule has 0 radical (unpaired) electrons. The van der Waals surface area contributed by atoms with Crippen LogP contribution >= 0.6 is 12.2 Å². The molecule has 5 aliphatic rings. The Morgan fingerprint density at radius 1 is 1.17 bits per heavy atom. The lowest BCUT2D eigenvalue weighted by molar-refractivity contribution is -0.945. The molecule has 0 saturated carbocycles. The highest BCUT2D eigenvalue weighted by Crippen LogP contribution is 2.28. The maximum Gasteiger partial charge on any atom is 0.166 e. The minimum atomic E-state index is 0.694. The number of fused-ring (bicyclic) bond motifs is 3. The zero-order valence-electron chi connectivity index (χ0n) is 18.9. The van der Waals surface area contributed by atoms with Gasteiger partial charge in [-0.2, -0.15) is 0 Å². The van der Waals surface area contributed by atoms with Gasteiger partial charge < -0.3 is 30.5 Å². The normalized spacial score (nSPS) is 35.3. The molecule has 0 aromatic heterocycles. The zero-order chi connectivity index (χ0) is 20.8. The summed E-state index contributed by atoms with van der Waals surface area (Å²) < 4.78 is 5.08. The highest BCUT2D eigenvalue weighted by molar-refractivity contribution is 7.80. The lowest BCUT2D eigenvalue weighted by atomic mass is 9.75. The molecule has 5 aliphatic heterocycles. The molecule has 2 unspecified atom stereocenters. The van der Waals surface area contributed by atoms with E-state index in [1.54, 1.807) is 7.11 Å². The fraction of sp³-hybridized carbons (Fsp3) is 0.955. The van der Waals surface area contributed by atoms with E-state index < -0.39 is 0 Å². The predicted octanol–water partition coefficient (Wildman–Crippen LogP) is -1.92. The number of ether oxygens (including phenoxy) is 1. The van der Waals surface area contributed by atoms with E-state index in [2.05, 4.69) is 25.8 Å². The van der Waals surface area contributed by atoms with Gasteiger partial charge in [0.25, 0.3) is 0 Å². The van der Waals surface area contributed by atoms with Crippen LogP contribution in [0.4, 0.5) is 0 Å². The quantitative estimate of drug-likeness (QED) is 0.261. The average molecular weight is 441 g/mol. The molecule has 5 rings (SSSR count). The number of nitrogens with two attached hydrogens (primary N) is 1. The second-order valence-corrected chi connectivity index (χ2v) is 10.3. The van der Waals surface area contributed by atoms with E-state index in [1.165, 1.54) is 84.5 Å². The van der Waals surface area contributed by atoms with Crippen molar-refractivity contribution < 1.29 is 15.0 Å². The Balaban J connectivity index is 1.16. The first kappa shape index (κ1) is 22.7. The second-order valence-electron chi connectivity index (χ2n) is 9.91. The smallest absolute Gasteiger partial charge is 0.166 e. The van der Waals surface area contributed by atoms with Crippen LogP contribution in [0.2, 0.25) is 0 Å². The Hall–Kier alpha value is -0.510. The molecule has 0 spiro atoms. The highest BCUT2D eigenvalue weighted by atomic mass is 32.1. The van der Waals surface area contributed by atoms with Crippen LogP contribution in [0, 0.1) is 11.8 Å². The van der Waals surface area contributed by atoms with Crippen LogP contribution in [0.5, 0.6) is 0 Å². The molecule has 5 N–H and O–H groups in total. The summed E-state index contributed by atoms with van der Waals surface area (Å²) in [6.07, 6.45) is 7.78. The van der Waals surface area contributed by atoms with Crippen molar-refractivity contribution in [3.63, 3.8) is 0 Å². The molecule has 2 bridgehead atoms. The molecule has 0 aromatic carbocycles. The molecule has 5 heterocycles. The lowest BCUT2D eigenvalue weighted by Crippen LogP contribution is -3.20. The van der Waals surface area contributed by atoms with Crippen molar-refractivity contribution in [3.8, 4) is 0 Å². The van der Waals surface area contributed by atoms with E-state index in [4.69, 9.17) is 17.0 Å². The van der Waals surface area contributed by atoms with Crippen LogP contribution in [0.15, 0.2) is 0 Å². The molecular formula is C22H44N6OS+2. The van der Waals surface area contributed by atoms with Gasteiger partial charge in [0, 0.05) is 71.6 Å². The van der Waals surface area contributed by atoms with Crippen molar-refractivity contribution in [2.45, 2.75) is 44.3 Å². The second kappa shape index (κ2) is 11.4. The van der Waals surface area contributed by atoms with Gasteiger partial charge in [-0.1, -0.05) is 0 Å². The number of nitrogens with zero attached hydrogens (tertiary/aromatic N) is 2. The van der Waals surface area contributed by atoms with Crippen LogP contribution in [0.1, 0.15) is 32.1 Å². The molecule has 5 saturated heterocycles. The largest absolute Gasteiger partial charge is 0.383 e. The third-order valence-corrected chi connectivity index (χ3v) is 8.34. The maximum absolute atomic E-state index is 5.41. The first-order valence-corrected chi connectivity index (χ1v) is 12.8. The standard InChI is InChI=1S/C22H42N6OS/c1-29-13-7-24-22(30)25-15-20-14-18-5-8-28(20)17-19(18)16-26-9-11-27(12-10-26)21-4-2-3-6-23-21/h18-21,23H,2-17H2,1H3,(H2,24,25,30)/p+2/t18-,19+,20+,21?/m1/s1. The third kappa shape index (κ3) is 6.04. The number of piperidine rings is 4. The monoisotopic (exact) mass is 440 g/mol. The number of piperazine rings is 1. The van der Waals surface area contributed by atoms with E-state index in [0.717, 1.165) is 42.2 Å². The first-order valence-electron chi connectivity index (χ1n) is 12.4. The lowest BCUT2D eigenvalue weighted by Gasteiger charge is -2.49. The van der Waals surface area contributed by atoms with Gasteiger partial charge in [0.15, 0.2) is 5.11 Å².